The van der Waals surface area contributed by atoms with E-state index in [4.69, 9.17) is 11.6 Å². The molecule has 1 aromatic heterocycles. The maximum atomic E-state index is 6.35. The van der Waals surface area contributed by atoms with Gasteiger partial charge < -0.3 is 0 Å². The fourth-order valence-corrected chi connectivity index (χ4v) is 2.74. The number of halogens is 1. The van der Waals surface area contributed by atoms with Gasteiger partial charge in [0, 0.05) is 23.6 Å². The molecule has 1 atom stereocenters. The molecule has 0 fully saturated rings. The van der Waals surface area contributed by atoms with E-state index in [9.17, 15) is 0 Å². The molecule has 1 nitrogen and oxygen atoms in total. The molecule has 0 aromatic carbocycles. The number of aryl methyl sites for hydroxylation is 2. The van der Waals surface area contributed by atoms with Crippen LogP contribution in [0.1, 0.15) is 37.4 Å². The lowest BCUT2D eigenvalue weighted by Gasteiger charge is -2.06. The van der Waals surface area contributed by atoms with Crippen LogP contribution in [0.15, 0.2) is 41.6 Å². The van der Waals surface area contributed by atoms with Crippen LogP contribution in [-0.4, -0.2) is 0 Å². The molecule has 19 heavy (non-hydrogen) atoms. The molecule has 1 heterocycles. The number of rotatable bonds is 5. The van der Waals surface area contributed by atoms with Crippen molar-refractivity contribution in [2.24, 2.45) is 5.92 Å². The van der Waals surface area contributed by atoms with E-state index in [2.05, 4.69) is 55.0 Å². The van der Waals surface area contributed by atoms with Crippen molar-refractivity contribution in [3.8, 4) is 0 Å². The van der Waals surface area contributed by atoms with E-state index < -0.39 is 0 Å². The molecule has 2 rings (SSSR count). The van der Waals surface area contributed by atoms with Crippen LogP contribution < -0.4 is 4.57 Å². The minimum Gasteiger partial charge on any atom is -0.199 e. The van der Waals surface area contributed by atoms with Gasteiger partial charge in [0.2, 0.25) is 0 Å². The molecule has 0 radical (unpaired) electrons. The van der Waals surface area contributed by atoms with Gasteiger partial charge in [0.25, 0.3) is 0 Å². The second-order valence-corrected chi connectivity index (χ2v) is 5.79. The molecule has 2 heteroatoms. The van der Waals surface area contributed by atoms with E-state index in [1.54, 1.807) is 0 Å². The van der Waals surface area contributed by atoms with Gasteiger partial charge in [-0.3, -0.25) is 0 Å². The van der Waals surface area contributed by atoms with Crippen LogP contribution in [0.25, 0.3) is 0 Å². The fraction of sp³-hybridized carbons (Fsp3) is 0.471. The average molecular weight is 277 g/mol. The van der Waals surface area contributed by atoms with E-state index in [1.165, 1.54) is 24.1 Å². The Morgan fingerprint density at radius 2 is 2.32 bits per heavy atom. The Balaban J connectivity index is 1.98. The lowest BCUT2D eigenvalue weighted by Crippen LogP contribution is -2.36. The summed E-state index contributed by atoms with van der Waals surface area (Å²) < 4.78 is 2.27. The van der Waals surface area contributed by atoms with Crippen LogP contribution in [0.4, 0.5) is 0 Å². The van der Waals surface area contributed by atoms with Crippen molar-refractivity contribution >= 4 is 11.6 Å². The average Bonchev–Trinajstić information content (AvgIpc) is 2.90. The van der Waals surface area contributed by atoms with Crippen LogP contribution in [0.3, 0.4) is 0 Å². The maximum Gasteiger partial charge on any atom is 0.178 e. The summed E-state index contributed by atoms with van der Waals surface area (Å²) in [7, 11) is 0. The van der Waals surface area contributed by atoms with Gasteiger partial charge in [0.05, 0.1) is 0 Å². The summed E-state index contributed by atoms with van der Waals surface area (Å²) in [5.74, 6) is 0.650. The van der Waals surface area contributed by atoms with E-state index in [-0.39, 0.29) is 0 Å². The highest BCUT2D eigenvalue weighted by molar-refractivity contribution is 6.29. The summed E-state index contributed by atoms with van der Waals surface area (Å²) in [4.78, 5) is 0. The molecular weight excluding hydrogens is 254 g/mol. The van der Waals surface area contributed by atoms with Crippen LogP contribution in [0.5, 0.6) is 0 Å². The van der Waals surface area contributed by atoms with Crippen LogP contribution >= 0.6 is 11.6 Å². The number of pyridine rings is 1. The molecule has 0 amide bonds. The third-order valence-corrected chi connectivity index (χ3v) is 4.11. The SMILES string of the molecule is CCc1ccc(C)[n+](C/C=C(\Cl)CC2C=CCC2)c1. The first-order valence-corrected chi connectivity index (χ1v) is 7.57. The second kappa shape index (κ2) is 6.91. The zero-order valence-electron chi connectivity index (χ0n) is 11.9. The largest absolute Gasteiger partial charge is 0.199 e. The fourth-order valence-electron chi connectivity index (χ4n) is 2.47. The van der Waals surface area contributed by atoms with Crippen molar-refractivity contribution < 1.29 is 4.57 Å². The summed E-state index contributed by atoms with van der Waals surface area (Å²) in [5.41, 5.74) is 2.65. The first kappa shape index (κ1) is 14.3. The van der Waals surface area contributed by atoms with E-state index in [0.29, 0.717) is 5.92 Å². The molecule has 0 saturated carbocycles. The van der Waals surface area contributed by atoms with Gasteiger partial charge in [-0.1, -0.05) is 30.7 Å². The number of hydrogen-bond acceptors (Lipinski definition) is 0. The van der Waals surface area contributed by atoms with Crippen LogP contribution in [0, 0.1) is 12.8 Å². The molecule has 0 spiro atoms. The van der Waals surface area contributed by atoms with E-state index in [0.717, 1.165) is 24.4 Å². The lowest BCUT2D eigenvalue weighted by atomic mass is 10.1. The maximum absolute atomic E-state index is 6.35. The Hall–Kier alpha value is -1.08. The van der Waals surface area contributed by atoms with Gasteiger partial charge >= 0.3 is 0 Å². The molecule has 102 valence electrons. The normalized spacial score (nSPS) is 19.1. The summed E-state index contributed by atoms with van der Waals surface area (Å²) in [6.45, 7) is 5.19. The van der Waals surface area contributed by atoms with Crippen molar-refractivity contribution in [1.29, 1.82) is 0 Å². The minimum absolute atomic E-state index is 0.650. The predicted octanol–water partition coefficient (Wildman–Crippen LogP) is 4.32. The minimum atomic E-state index is 0.650. The highest BCUT2D eigenvalue weighted by Crippen LogP contribution is 2.25. The van der Waals surface area contributed by atoms with Gasteiger partial charge in [-0.25, -0.2) is 0 Å². The van der Waals surface area contributed by atoms with E-state index >= 15 is 0 Å². The lowest BCUT2D eigenvalue weighted by molar-refractivity contribution is -0.693. The predicted molar refractivity (Wildman–Crippen MR) is 81.2 cm³/mol. The van der Waals surface area contributed by atoms with Gasteiger partial charge in [-0.15, -0.1) is 0 Å². The molecule has 0 bridgehead atoms. The third-order valence-electron chi connectivity index (χ3n) is 3.80. The van der Waals surface area contributed by atoms with Crippen LogP contribution in [-0.2, 0) is 13.0 Å². The van der Waals surface area contributed by atoms with Crippen molar-refractivity contribution in [1.82, 2.24) is 0 Å². The smallest absolute Gasteiger partial charge is 0.178 e. The highest BCUT2D eigenvalue weighted by atomic mass is 35.5. The molecule has 1 aromatic rings. The number of hydrogen-bond donors (Lipinski definition) is 0. The summed E-state index contributed by atoms with van der Waals surface area (Å²) >= 11 is 6.35. The van der Waals surface area contributed by atoms with E-state index in [1.807, 2.05) is 0 Å². The van der Waals surface area contributed by atoms with Gasteiger partial charge in [-0.2, -0.15) is 4.57 Å². The monoisotopic (exact) mass is 276 g/mol. The Bertz CT molecular complexity index is 488. The highest BCUT2D eigenvalue weighted by Gasteiger charge is 2.11. The second-order valence-electron chi connectivity index (χ2n) is 5.31. The Morgan fingerprint density at radius 1 is 1.47 bits per heavy atom. The molecule has 1 aliphatic rings. The zero-order valence-corrected chi connectivity index (χ0v) is 12.7. The Labute approximate surface area is 121 Å². The quantitative estimate of drug-likeness (QED) is 0.557. The van der Waals surface area contributed by atoms with Crippen molar-refractivity contribution in [3.05, 3.63) is 52.8 Å². The summed E-state index contributed by atoms with van der Waals surface area (Å²) in [6, 6.07) is 4.38. The topological polar surface area (TPSA) is 3.88 Å². The van der Waals surface area contributed by atoms with Crippen LogP contribution in [0.2, 0.25) is 0 Å². The molecule has 1 aliphatic carbocycles. The summed E-state index contributed by atoms with van der Waals surface area (Å²) in [6.07, 6.45) is 13.5. The van der Waals surface area contributed by atoms with Crippen molar-refractivity contribution in [2.45, 2.75) is 46.1 Å². The molecule has 0 N–H and O–H groups in total. The number of allylic oxidation sites excluding steroid dienone is 4. The summed E-state index contributed by atoms with van der Waals surface area (Å²) in [5, 5.41) is 0.991. The van der Waals surface area contributed by atoms with Gasteiger partial charge in [0.1, 0.15) is 0 Å². The number of nitrogens with zero attached hydrogens (tertiary/aromatic N) is 1. The zero-order chi connectivity index (χ0) is 13.7. The molecular formula is C17H23ClN+. The molecule has 0 saturated heterocycles. The molecule has 0 aliphatic heterocycles. The first-order valence-electron chi connectivity index (χ1n) is 7.19. The van der Waals surface area contributed by atoms with Gasteiger partial charge in [0.15, 0.2) is 18.4 Å². The van der Waals surface area contributed by atoms with Gasteiger partial charge in [-0.05, 0) is 43.7 Å². The van der Waals surface area contributed by atoms with Crippen molar-refractivity contribution in [2.75, 3.05) is 0 Å². The van der Waals surface area contributed by atoms with Crippen molar-refractivity contribution in [3.63, 3.8) is 0 Å². The first-order chi connectivity index (χ1) is 9.19. The molecule has 1 unspecified atom stereocenters. The Morgan fingerprint density at radius 3 is 3.00 bits per heavy atom. The Kier molecular flexibility index (Phi) is 5.21. The third kappa shape index (κ3) is 4.21. The number of aromatic nitrogens is 1. The standard InChI is InChI=1S/C17H23ClN/c1-3-15-9-8-14(2)19(13-15)11-10-17(18)12-16-6-4-5-7-16/h4,6,8-10,13,16H,3,5,7,11-12H2,1-2H3/q+1/b17-10-.